The van der Waals surface area contributed by atoms with E-state index in [1.54, 1.807) is 11.3 Å². The minimum absolute atomic E-state index is 0.0112. The number of H-pyrrole nitrogens is 1. The third-order valence-electron chi connectivity index (χ3n) is 3.04. The van der Waals surface area contributed by atoms with Crippen molar-refractivity contribution in [2.45, 2.75) is 18.9 Å². The molecule has 1 saturated heterocycles. The number of nitrogens with one attached hydrogen (secondary N) is 3. The van der Waals surface area contributed by atoms with Crippen LogP contribution in [0.15, 0.2) is 22.0 Å². The molecule has 0 aliphatic carbocycles. The van der Waals surface area contributed by atoms with Gasteiger partial charge in [0.15, 0.2) is 5.82 Å². The molecule has 5 nitrogen and oxygen atoms in total. The van der Waals surface area contributed by atoms with Crippen LogP contribution in [0.25, 0.3) is 10.6 Å². The first-order valence-electron chi connectivity index (χ1n) is 6.08. The van der Waals surface area contributed by atoms with Crippen molar-refractivity contribution in [3.8, 4) is 10.6 Å². The molecule has 0 aromatic carbocycles. The van der Waals surface area contributed by atoms with Gasteiger partial charge < -0.3 is 10.6 Å². The zero-order valence-corrected chi connectivity index (χ0v) is 12.5. The molecule has 0 bridgehead atoms. The van der Waals surface area contributed by atoms with Crippen molar-refractivity contribution in [2.75, 3.05) is 11.9 Å². The van der Waals surface area contributed by atoms with Crippen LogP contribution < -0.4 is 10.6 Å². The number of nitrogens with zero attached hydrogens (tertiary/aromatic N) is 1. The quantitative estimate of drug-likeness (QED) is 0.804. The summed E-state index contributed by atoms with van der Waals surface area (Å²) in [4.78, 5) is 13.0. The summed E-state index contributed by atoms with van der Waals surface area (Å²) in [7, 11) is 0. The Morgan fingerprint density at radius 3 is 3.11 bits per heavy atom. The fourth-order valence-corrected chi connectivity index (χ4v) is 3.44. The van der Waals surface area contributed by atoms with Gasteiger partial charge in [-0.15, -0.1) is 11.3 Å². The maximum absolute atomic E-state index is 11.9. The molecule has 100 valence electrons. The van der Waals surface area contributed by atoms with Crippen LogP contribution in [0.5, 0.6) is 0 Å². The van der Waals surface area contributed by atoms with Crippen molar-refractivity contribution in [3.63, 3.8) is 0 Å². The SMILES string of the molecule is O=C(Nc1cc(-c2ccc(Br)s2)[nH]n1)C1CCCN1. The zero-order chi connectivity index (χ0) is 13.2. The maximum Gasteiger partial charge on any atom is 0.242 e. The third kappa shape index (κ3) is 2.88. The highest BCUT2D eigenvalue weighted by atomic mass is 79.9. The molecular weight excluding hydrogens is 328 g/mol. The normalized spacial score (nSPS) is 18.7. The Hall–Kier alpha value is -1.18. The molecule has 2 aromatic heterocycles. The van der Waals surface area contributed by atoms with Crippen LogP contribution >= 0.6 is 27.3 Å². The number of carbonyl (C=O) groups is 1. The molecule has 1 unspecified atom stereocenters. The largest absolute Gasteiger partial charge is 0.308 e. The summed E-state index contributed by atoms with van der Waals surface area (Å²) in [5.74, 6) is 0.557. The fourth-order valence-electron chi connectivity index (χ4n) is 2.09. The van der Waals surface area contributed by atoms with E-state index < -0.39 is 0 Å². The molecule has 0 radical (unpaired) electrons. The first kappa shape index (κ1) is 12.8. The topological polar surface area (TPSA) is 69.8 Å². The lowest BCUT2D eigenvalue weighted by Crippen LogP contribution is -2.35. The van der Waals surface area contributed by atoms with E-state index in [0.717, 1.165) is 33.7 Å². The lowest BCUT2D eigenvalue weighted by molar-refractivity contribution is -0.117. The second-order valence-corrected chi connectivity index (χ2v) is 6.87. The van der Waals surface area contributed by atoms with E-state index in [1.165, 1.54) is 0 Å². The van der Waals surface area contributed by atoms with Gasteiger partial charge in [-0.2, -0.15) is 5.10 Å². The van der Waals surface area contributed by atoms with Crippen LogP contribution in [0.4, 0.5) is 5.82 Å². The van der Waals surface area contributed by atoms with Gasteiger partial charge in [0.25, 0.3) is 0 Å². The van der Waals surface area contributed by atoms with Crippen molar-refractivity contribution < 1.29 is 4.79 Å². The average Bonchev–Trinajstić information content (AvgIpc) is 3.07. The molecule has 0 spiro atoms. The van der Waals surface area contributed by atoms with E-state index in [-0.39, 0.29) is 11.9 Å². The molecule has 1 aliphatic rings. The molecule has 19 heavy (non-hydrogen) atoms. The molecule has 3 heterocycles. The van der Waals surface area contributed by atoms with Gasteiger partial charge in [0.2, 0.25) is 5.91 Å². The summed E-state index contributed by atoms with van der Waals surface area (Å²) in [6, 6.07) is 5.76. The fraction of sp³-hybridized carbons (Fsp3) is 0.333. The number of aromatic amines is 1. The minimum atomic E-state index is -0.0870. The van der Waals surface area contributed by atoms with E-state index in [9.17, 15) is 4.79 Å². The second kappa shape index (κ2) is 5.44. The Morgan fingerprint density at radius 1 is 1.53 bits per heavy atom. The molecule has 3 N–H and O–H groups in total. The highest BCUT2D eigenvalue weighted by Crippen LogP contribution is 2.30. The number of anilines is 1. The Bertz CT molecular complexity index is 588. The summed E-state index contributed by atoms with van der Waals surface area (Å²) in [6.07, 6.45) is 1.94. The van der Waals surface area contributed by atoms with Crippen LogP contribution in [0.3, 0.4) is 0 Å². The molecule has 1 aliphatic heterocycles. The van der Waals surface area contributed by atoms with Crippen LogP contribution in [0, 0.1) is 0 Å². The van der Waals surface area contributed by atoms with E-state index in [2.05, 4.69) is 36.8 Å². The molecular formula is C12H13BrN4OS. The number of rotatable bonds is 3. The van der Waals surface area contributed by atoms with Crippen molar-refractivity contribution in [1.29, 1.82) is 0 Å². The first-order chi connectivity index (χ1) is 9.22. The van der Waals surface area contributed by atoms with Gasteiger partial charge in [0.05, 0.1) is 20.4 Å². The molecule has 7 heteroatoms. The summed E-state index contributed by atoms with van der Waals surface area (Å²) in [6.45, 7) is 0.910. The van der Waals surface area contributed by atoms with Gasteiger partial charge in [-0.05, 0) is 47.4 Å². The van der Waals surface area contributed by atoms with Crippen molar-refractivity contribution in [1.82, 2.24) is 15.5 Å². The molecule has 1 fully saturated rings. The summed E-state index contributed by atoms with van der Waals surface area (Å²) >= 11 is 5.05. The number of amides is 1. The van der Waals surface area contributed by atoms with E-state index in [4.69, 9.17) is 0 Å². The van der Waals surface area contributed by atoms with Gasteiger partial charge in [-0.1, -0.05) is 0 Å². The van der Waals surface area contributed by atoms with E-state index >= 15 is 0 Å². The molecule has 1 amide bonds. The molecule has 2 aromatic rings. The van der Waals surface area contributed by atoms with Gasteiger partial charge in [0.1, 0.15) is 0 Å². The lowest BCUT2D eigenvalue weighted by atomic mass is 10.2. The standard InChI is InChI=1S/C12H13BrN4OS/c13-10-4-3-9(19-10)8-6-11(17-16-8)15-12(18)7-2-1-5-14-7/h3-4,6-7,14H,1-2,5H2,(H2,15,16,17,18). The predicted molar refractivity (Wildman–Crippen MR) is 79.3 cm³/mol. The van der Waals surface area contributed by atoms with Crippen molar-refractivity contribution >= 4 is 39.0 Å². The Balaban J connectivity index is 1.69. The Labute approximate surface area is 122 Å². The Kier molecular flexibility index (Phi) is 3.67. The van der Waals surface area contributed by atoms with E-state index in [1.807, 2.05) is 18.2 Å². The van der Waals surface area contributed by atoms with Crippen LogP contribution in [-0.2, 0) is 4.79 Å². The number of carbonyl (C=O) groups excluding carboxylic acids is 1. The van der Waals surface area contributed by atoms with Gasteiger partial charge in [-0.25, -0.2) is 0 Å². The zero-order valence-electron chi connectivity index (χ0n) is 10.1. The number of hydrogen-bond donors (Lipinski definition) is 3. The van der Waals surface area contributed by atoms with Crippen LogP contribution in [0.2, 0.25) is 0 Å². The van der Waals surface area contributed by atoms with Gasteiger partial charge >= 0.3 is 0 Å². The smallest absolute Gasteiger partial charge is 0.242 e. The summed E-state index contributed by atoms with van der Waals surface area (Å²) in [5.41, 5.74) is 0.908. The van der Waals surface area contributed by atoms with Gasteiger partial charge in [0, 0.05) is 6.07 Å². The van der Waals surface area contributed by atoms with E-state index in [0.29, 0.717) is 5.82 Å². The van der Waals surface area contributed by atoms with Crippen LogP contribution in [-0.4, -0.2) is 28.7 Å². The minimum Gasteiger partial charge on any atom is -0.308 e. The van der Waals surface area contributed by atoms with Crippen LogP contribution in [0.1, 0.15) is 12.8 Å². The Morgan fingerprint density at radius 2 is 2.42 bits per heavy atom. The lowest BCUT2D eigenvalue weighted by Gasteiger charge is -2.08. The number of halogens is 1. The van der Waals surface area contributed by atoms with Crippen molar-refractivity contribution in [3.05, 3.63) is 22.0 Å². The third-order valence-corrected chi connectivity index (χ3v) is 4.70. The number of aromatic nitrogens is 2. The van der Waals surface area contributed by atoms with Gasteiger partial charge in [-0.3, -0.25) is 9.89 Å². The summed E-state index contributed by atoms with van der Waals surface area (Å²) < 4.78 is 1.07. The van der Waals surface area contributed by atoms with Crippen molar-refractivity contribution in [2.24, 2.45) is 0 Å². The second-order valence-electron chi connectivity index (χ2n) is 4.41. The first-order valence-corrected chi connectivity index (χ1v) is 7.69. The number of hydrogen-bond acceptors (Lipinski definition) is 4. The number of thiophene rings is 1. The predicted octanol–water partition coefficient (Wildman–Crippen LogP) is 2.59. The monoisotopic (exact) mass is 340 g/mol. The highest BCUT2D eigenvalue weighted by molar-refractivity contribution is 9.11. The average molecular weight is 341 g/mol. The maximum atomic E-state index is 11.9. The molecule has 3 rings (SSSR count). The molecule has 1 atom stereocenters. The molecule has 0 saturated carbocycles. The summed E-state index contributed by atoms with van der Waals surface area (Å²) in [5, 5.41) is 13.0. The highest BCUT2D eigenvalue weighted by Gasteiger charge is 2.22.